The molecule has 6 heteroatoms. The first-order chi connectivity index (χ1) is 12.7. The van der Waals surface area contributed by atoms with Crippen LogP contribution in [0.15, 0.2) is 60.8 Å². The third-order valence-corrected chi connectivity index (χ3v) is 4.34. The molecule has 0 radical (unpaired) electrons. The Morgan fingerprint density at radius 3 is 2.77 bits per heavy atom. The predicted octanol–water partition coefficient (Wildman–Crippen LogP) is 2.61. The summed E-state index contributed by atoms with van der Waals surface area (Å²) in [5.74, 6) is 1.04. The molecule has 0 aliphatic carbocycles. The van der Waals surface area contributed by atoms with E-state index in [-0.39, 0.29) is 17.7 Å². The molecule has 132 valence electrons. The fourth-order valence-corrected chi connectivity index (χ4v) is 3.04. The SMILES string of the molecule is COc1cn(-c2ccccc2)nc1C(=O)NC[C@H]1Cc2ccccc2O1. The van der Waals surface area contributed by atoms with Crippen LogP contribution in [0.5, 0.6) is 11.5 Å². The number of methoxy groups -OCH3 is 1. The standard InChI is InChI=1S/C20H19N3O3/c1-25-18-13-23(15-8-3-2-4-9-15)22-19(18)20(24)21-12-16-11-14-7-5-6-10-17(14)26-16/h2-10,13,16H,11-12H2,1H3,(H,21,24)/t16-/m1/s1. The van der Waals surface area contributed by atoms with Gasteiger partial charge in [0, 0.05) is 6.42 Å². The van der Waals surface area contributed by atoms with Crippen molar-refractivity contribution in [1.29, 1.82) is 0 Å². The van der Waals surface area contributed by atoms with Gasteiger partial charge in [-0.05, 0) is 23.8 Å². The fourth-order valence-electron chi connectivity index (χ4n) is 3.04. The predicted molar refractivity (Wildman–Crippen MR) is 97.0 cm³/mol. The average Bonchev–Trinajstić information content (AvgIpc) is 3.30. The topological polar surface area (TPSA) is 65.4 Å². The number of nitrogens with one attached hydrogen (secondary N) is 1. The van der Waals surface area contributed by atoms with E-state index in [1.165, 1.54) is 7.11 Å². The number of para-hydroxylation sites is 2. The van der Waals surface area contributed by atoms with E-state index in [0.717, 1.165) is 23.4 Å². The summed E-state index contributed by atoms with van der Waals surface area (Å²) in [5, 5.41) is 7.27. The molecule has 2 aromatic carbocycles. The van der Waals surface area contributed by atoms with Crippen LogP contribution in [-0.4, -0.2) is 35.4 Å². The number of ether oxygens (including phenoxy) is 2. The van der Waals surface area contributed by atoms with Crippen LogP contribution in [-0.2, 0) is 6.42 Å². The summed E-state index contributed by atoms with van der Waals surface area (Å²) < 4.78 is 12.8. The average molecular weight is 349 g/mol. The van der Waals surface area contributed by atoms with Crippen LogP contribution in [0.1, 0.15) is 16.1 Å². The first-order valence-corrected chi connectivity index (χ1v) is 8.46. The first-order valence-electron chi connectivity index (χ1n) is 8.46. The van der Waals surface area contributed by atoms with Gasteiger partial charge in [-0.2, -0.15) is 5.10 Å². The third kappa shape index (κ3) is 3.13. The molecule has 0 fully saturated rings. The summed E-state index contributed by atoms with van der Waals surface area (Å²) in [5.41, 5.74) is 2.28. The molecule has 1 aliphatic rings. The molecule has 1 aromatic heterocycles. The highest BCUT2D eigenvalue weighted by atomic mass is 16.5. The van der Waals surface area contributed by atoms with Gasteiger partial charge >= 0.3 is 0 Å². The van der Waals surface area contributed by atoms with Gasteiger partial charge in [-0.1, -0.05) is 36.4 Å². The molecule has 0 saturated heterocycles. The van der Waals surface area contributed by atoms with Gasteiger partial charge in [0.15, 0.2) is 11.4 Å². The van der Waals surface area contributed by atoms with Gasteiger partial charge < -0.3 is 14.8 Å². The zero-order valence-corrected chi connectivity index (χ0v) is 14.4. The smallest absolute Gasteiger partial charge is 0.275 e. The summed E-state index contributed by atoms with van der Waals surface area (Å²) in [6.45, 7) is 0.412. The van der Waals surface area contributed by atoms with Crippen LogP contribution in [0.2, 0.25) is 0 Å². The van der Waals surface area contributed by atoms with Crippen LogP contribution in [0.25, 0.3) is 5.69 Å². The molecular weight excluding hydrogens is 330 g/mol. The molecule has 0 spiro atoms. The fraction of sp³-hybridized carbons (Fsp3) is 0.200. The molecule has 1 atom stereocenters. The molecule has 4 rings (SSSR count). The Hall–Kier alpha value is -3.28. The number of rotatable bonds is 5. The molecule has 26 heavy (non-hydrogen) atoms. The lowest BCUT2D eigenvalue weighted by Gasteiger charge is -2.11. The second kappa shape index (κ2) is 6.92. The molecule has 2 heterocycles. The maximum atomic E-state index is 12.6. The Bertz CT molecular complexity index is 896. The minimum atomic E-state index is -0.281. The summed E-state index contributed by atoms with van der Waals surface area (Å²) in [6.07, 6.45) is 2.41. The second-order valence-electron chi connectivity index (χ2n) is 6.09. The molecular formula is C20H19N3O3. The Kier molecular flexibility index (Phi) is 4.31. The van der Waals surface area contributed by atoms with Crippen molar-refractivity contribution in [3.05, 3.63) is 72.1 Å². The zero-order chi connectivity index (χ0) is 17.9. The zero-order valence-electron chi connectivity index (χ0n) is 14.4. The Labute approximate surface area is 151 Å². The van der Waals surface area contributed by atoms with Gasteiger partial charge in [-0.3, -0.25) is 4.79 Å². The lowest BCUT2D eigenvalue weighted by Crippen LogP contribution is -2.34. The molecule has 0 saturated carbocycles. The number of nitrogens with zero attached hydrogens (tertiary/aromatic N) is 2. The number of hydrogen-bond donors (Lipinski definition) is 1. The highest BCUT2D eigenvalue weighted by Gasteiger charge is 2.24. The summed E-state index contributed by atoms with van der Waals surface area (Å²) >= 11 is 0. The van der Waals surface area contributed by atoms with Gasteiger partial charge in [0.05, 0.1) is 25.5 Å². The van der Waals surface area contributed by atoms with E-state index in [4.69, 9.17) is 9.47 Å². The molecule has 1 aliphatic heterocycles. The van der Waals surface area contributed by atoms with Crippen LogP contribution >= 0.6 is 0 Å². The van der Waals surface area contributed by atoms with Crippen LogP contribution in [0.4, 0.5) is 0 Å². The van der Waals surface area contributed by atoms with E-state index < -0.39 is 0 Å². The monoisotopic (exact) mass is 349 g/mol. The number of amides is 1. The lowest BCUT2D eigenvalue weighted by molar-refractivity contribution is 0.0925. The van der Waals surface area contributed by atoms with E-state index in [1.807, 2.05) is 54.6 Å². The van der Waals surface area contributed by atoms with Crippen molar-refractivity contribution < 1.29 is 14.3 Å². The normalized spacial score (nSPS) is 15.2. The highest BCUT2D eigenvalue weighted by Crippen LogP contribution is 2.28. The summed E-state index contributed by atoms with van der Waals surface area (Å²) in [4.78, 5) is 12.6. The molecule has 1 N–H and O–H groups in total. The minimum absolute atomic E-state index is 0.0708. The Morgan fingerprint density at radius 2 is 2.00 bits per heavy atom. The van der Waals surface area contributed by atoms with Crippen molar-refractivity contribution in [1.82, 2.24) is 15.1 Å². The molecule has 3 aromatic rings. The molecule has 0 unspecified atom stereocenters. The largest absolute Gasteiger partial charge is 0.493 e. The van der Waals surface area contributed by atoms with Gasteiger partial charge in [0.2, 0.25) is 0 Å². The lowest BCUT2D eigenvalue weighted by atomic mass is 10.1. The summed E-state index contributed by atoms with van der Waals surface area (Å²) in [6, 6.07) is 17.5. The minimum Gasteiger partial charge on any atom is -0.493 e. The van der Waals surface area contributed by atoms with Crippen molar-refractivity contribution in [3.63, 3.8) is 0 Å². The number of hydrogen-bond acceptors (Lipinski definition) is 4. The number of aromatic nitrogens is 2. The van der Waals surface area contributed by atoms with E-state index in [2.05, 4.69) is 10.4 Å². The molecule has 6 nitrogen and oxygen atoms in total. The van der Waals surface area contributed by atoms with E-state index in [9.17, 15) is 4.79 Å². The van der Waals surface area contributed by atoms with Gasteiger partial charge in [-0.25, -0.2) is 4.68 Å². The molecule has 1 amide bonds. The number of fused-ring (bicyclic) bond motifs is 1. The van der Waals surface area contributed by atoms with Crippen molar-refractivity contribution in [2.24, 2.45) is 0 Å². The van der Waals surface area contributed by atoms with Crippen LogP contribution in [0.3, 0.4) is 0 Å². The quantitative estimate of drug-likeness (QED) is 0.769. The van der Waals surface area contributed by atoms with Gasteiger partial charge in [0.25, 0.3) is 5.91 Å². The number of benzene rings is 2. The van der Waals surface area contributed by atoms with Crippen molar-refractivity contribution in [2.75, 3.05) is 13.7 Å². The van der Waals surface area contributed by atoms with Gasteiger partial charge in [-0.15, -0.1) is 0 Å². The number of carbonyl (C=O) groups is 1. The maximum Gasteiger partial charge on any atom is 0.275 e. The Morgan fingerprint density at radius 1 is 1.23 bits per heavy atom. The van der Waals surface area contributed by atoms with E-state index in [1.54, 1.807) is 10.9 Å². The van der Waals surface area contributed by atoms with Crippen LogP contribution in [0, 0.1) is 0 Å². The third-order valence-electron chi connectivity index (χ3n) is 4.34. The molecule has 0 bridgehead atoms. The summed E-state index contributed by atoms with van der Waals surface area (Å²) in [7, 11) is 1.53. The van der Waals surface area contributed by atoms with E-state index >= 15 is 0 Å². The Balaban J connectivity index is 1.44. The highest BCUT2D eigenvalue weighted by molar-refractivity contribution is 5.95. The van der Waals surface area contributed by atoms with Gasteiger partial charge in [0.1, 0.15) is 11.9 Å². The number of carbonyl (C=O) groups excluding carboxylic acids is 1. The first kappa shape index (κ1) is 16.2. The second-order valence-corrected chi connectivity index (χ2v) is 6.09. The van der Waals surface area contributed by atoms with Crippen molar-refractivity contribution in [2.45, 2.75) is 12.5 Å². The maximum absolute atomic E-state index is 12.6. The van der Waals surface area contributed by atoms with Crippen molar-refractivity contribution in [3.8, 4) is 17.2 Å². The van der Waals surface area contributed by atoms with Crippen LogP contribution < -0.4 is 14.8 Å². The van der Waals surface area contributed by atoms with E-state index in [0.29, 0.717) is 12.3 Å². The van der Waals surface area contributed by atoms with Crippen molar-refractivity contribution >= 4 is 5.91 Å².